The lowest BCUT2D eigenvalue weighted by atomic mass is 9.92. The summed E-state index contributed by atoms with van der Waals surface area (Å²) >= 11 is 0. The highest BCUT2D eigenvalue weighted by molar-refractivity contribution is 6.05. The summed E-state index contributed by atoms with van der Waals surface area (Å²) in [6, 6.07) is 8.19. The highest BCUT2D eigenvalue weighted by atomic mass is 16.2. The molecule has 1 aromatic carbocycles. The van der Waals surface area contributed by atoms with E-state index in [1.54, 1.807) is 0 Å². The van der Waals surface area contributed by atoms with Gasteiger partial charge in [0.05, 0.1) is 11.2 Å². The molecular formula is C18H21N3O. The lowest BCUT2D eigenvalue weighted by Gasteiger charge is -2.26. The van der Waals surface area contributed by atoms with Crippen LogP contribution < -0.4 is 10.6 Å². The fourth-order valence-corrected chi connectivity index (χ4v) is 3.81. The van der Waals surface area contributed by atoms with Crippen LogP contribution in [0, 0.1) is 5.92 Å². The largest absolute Gasteiger partial charge is 0.330 e. The zero-order valence-corrected chi connectivity index (χ0v) is 12.7. The molecule has 2 aliphatic rings. The number of carbonyl (C=O) groups excluding carboxylic acids is 1. The van der Waals surface area contributed by atoms with Crippen molar-refractivity contribution in [1.29, 1.82) is 0 Å². The quantitative estimate of drug-likeness (QED) is 0.925. The maximum atomic E-state index is 12.5. The first kappa shape index (κ1) is 13.7. The Morgan fingerprint density at radius 2 is 2.05 bits per heavy atom. The number of fused-ring (bicyclic) bond motifs is 2. The van der Waals surface area contributed by atoms with Gasteiger partial charge < -0.3 is 10.6 Å². The van der Waals surface area contributed by atoms with Crippen LogP contribution in [0.15, 0.2) is 24.3 Å². The fourth-order valence-electron chi connectivity index (χ4n) is 3.81. The maximum Gasteiger partial charge on any atom is 0.227 e. The maximum absolute atomic E-state index is 12.5. The van der Waals surface area contributed by atoms with Gasteiger partial charge in [0.25, 0.3) is 0 Å². The Labute approximate surface area is 130 Å². The van der Waals surface area contributed by atoms with Crippen molar-refractivity contribution in [2.45, 2.75) is 32.1 Å². The van der Waals surface area contributed by atoms with Gasteiger partial charge in [0.1, 0.15) is 0 Å². The highest BCUT2D eigenvalue weighted by Gasteiger charge is 2.33. The molecule has 0 spiro atoms. The summed E-state index contributed by atoms with van der Waals surface area (Å²) in [5, 5.41) is 1.11. The minimum atomic E-state index is 0.208. The monoisotopic (exact) mass is 295 g/mol. The third-order valence-electron chi connectivity index (χ3n) is 4.95. The van der Waals surface area contributed by atoms with Crippen molar-refractivity contribution >= 4 is 22.5 Å². The Morgan fingerprint density at radius 3 is 2.86 bits per heavy atom. The standard InChI is InChI=1S/C18H21N3O/c19-10-12-9-17(22)21(11-12)18-13-5-1-3-7-15(13)20-16-8-4-2-6-14(16)18/h1,3,5,7,12H,2,4,6,8-11,19H2. The van der Waals surface area contributed by atoms with E-state index in [2.05, 4.69) is 12.1 Å². The van der Waals surface area contributed by atoms with Crippen LogP contribution in [0.3, 0.4) is 0 Å². The molecule has 4 rings (SSSR count). The number of nitrogens with zero attached hydrogens (tertiary/aromatic N) is 2. The van der Waals surface area contributed by atoms with E-state index < -0.39 is 0 Å². The van der Waals surface area contributed by atoms with Crippen molar-refractivity contribution in [3.05, 3.63) is 35.5 Å². The molecule has 2 N–H and O–H groups in total. The number of aromatic nitrogens is 1. The van der Waals surface area contributed by atoms with E-state index in [-0.39, 0.29) is 11.8 Å². The second kappa shape index (κ2) is 5.36. The van der Waals surface area contributed by atoms with Crippen molar-refractivity contribution in [2.75, 3.05) is 18.0 Å². The molecule has 0 bridgehead atoms. The summed E-state index contributed by atoms with van der Waals surface area (Å²) in [4.78, 5) is 19.4. The Hall–Kier alpha value is -1.94. The minimum Gasteiger partial charge on any atom is -0.330 e. The SMILES string of the molecule is NCC1CC(=O)N(c2c3c(nc4ccccc24)CCCC3)C1. The number of para-hydroxylation sites is 1. The molecule has 22 heavy (non-hydrogen) atoms. The molecule has 0 radical (unpaired) electrons. The van der Waals surface area contributed by atoms with Crippen LogP contribution in [0.25, 0.3) is 10.9 Å². The zero-order chi connectivity index (χ0) is 15.1. The van der Waals surface area contributed by atoms with E-state index in [1.807, 2.05) is 17.0 Å². The van der Waals surface area contributed by atoms with Crippen molar-refractivity contribution in [1.82, 2.24) is 4.98 Å². The average Bonchev–Trinajstić information content (AvgIpc) is 2.93. The van der Waals surface area contributed by atoms with E-state index >= 15 is 0 Å². The van der Waals surface area contributed by atoms with E-state index in [0.29, 0.717) is 13.0 Å². The van der Waals surface area contributed by atoms with Gasteiger partial charge in [-0.3, -0.25) is 9.78 Å². The van der Waals surface area contributed by atoms with Gasteiger partial charge in [0, 0.05) is 24.0 Å². The molecule has 2 heterocycles. The molecule has 1 aliphatic heterocycles. The van der Waals surface area contributed by atoms with Gasteiger partial charge in [-0.2, -0.15) is 0 Å². The van der Waals surface area contributed by atoms with Gasteiger partial charge in [-0.05, 0) is 49.8 Å². The third kappa shape index (κ3) is 2.10. The van der Waals surface area contributed by atoms with Gasteiger partial charge in [0.2, 0.25) is 5.91 Å². The first-order chi connectivity index (χ1) is 10.8. The van der Waals surface area contributed by atoms with E-state index in [9.17, 15) is 4.79 Å². The minimum absolute atomic E-state index is 0.208. The molecule has 0 saturated carbocycles. The number of nitrogens with two attached hydrogens (primary N) is 1. The van der Waals surface area contributed by atoms with Crippen LogP contribution in [0.1, 0.15) is 30.5 Å². The van der Waals surface area contributed by atoms with Gasteiger partial charge in [-0.15, -0.1) is 0 Å². The van der Waals surface area contributed by atoms with E-state index in [1.165, 1.54) is 24.1 Å². The van der Waals surface area contributed by atoms with Crippen LogP contribution in [-0.4, -0.2) is 24.0 Å². The fraction of sp³-hybridized carbons (Fsp3) is 0.444. The predicted octanol–water partition coefficient (Wildman–Crippen LogP) is 2.43. The summed E-state index contributed by atoms with van der Waals surface area (Å²) in [5.41, 5.74) is 10.4. The van der Waals surface area contributed by atoms with E-state index in [0.717, 1.165) is 36.0 Å². The Bertz CT molecular complexity index is 740. The zero-order valence-electron chi connectivity index (χ0n) is 12.7. The van der Waals surface area contributed by atoms with Crippen LogP contribution in [-0.2, 0) is 17.6 Å². The summed E-state index contributed by atoms with van der Waals surface area (Å²) in [6.45, 7) is 1.32. The molecule has 1 unspecified atom stereocenters. The number of amides is 1. The Morgan fingerprint density at radius 1 is 1.23 bits per heavy atom. The third-order valence-corrected chi connectivity index (χ3v) is 4.95. The number of anilines is 1. The first-order valence-electron chi connectivity index (χ1n) is 8.19. The molecule has 2 aromatic rings. The van der Waals surface area contributed by atoms with Gasteiger partial charge in [-0.1, -0.05) is 18.2 Å². The lowest BCUT2D eigenvalue weighted by molar-refractivity contribution is -0.117. The first-order valence-corrected chi connectivity index (χ1v) is 8.19. The molecular weight excluding hydrogens is 274 g/mol. The number of hydrogen-bond acceptors (Lipinski definition) is 3. The molecule has 1 fully saturated rings. The smallest absolute Gasteiger partial charge is 0.227 e. The molecule has 1 aliphatic carbocycles. The number of aryl methyl sites for hydroxylation is 1. The van der Waals surface area contributed by atoms with Crippen LogP contribution >= 0.6 is 0 Å². The summed E-state index contributed by atoms with van der Waals surface area (Å²) < 4.78 is 0. The Kier molecular flexibility index (Phi) is 3.34. The summed E-state index contributed by atoms with van der Waals surface area (Å²) in [6.07, 6.45) is 5.00. The highest BCUT2D eigenvalue weighted by Crippen LogP contribution is 2.38. The Balaban J connectivity index is 1.93. The summed E-state index contributed by atoms with van der Waals surface area (Å²) in [7, 11) is 0. The number of hydrogen-bond donors (Lipinski definition) is 1. The van der Waals surface area contributed by atoms with Gasteiger partial charge in [-0.25, -0.2) is 0 Å². The normalized spacial score (nSPS) is 21.4. The summed E-state index contributed by atoms with van der Waals surface area (Å²) in [5.74, 6) is 0.484. The van der Waals surface area contributed by atoms with Crippen LogP contribution in [0.5, 0.6) is 0 Å². The molecule has 4 nitrogen and oxygen atoms in total. The second-order valence-corrected chi connectivity index (χ2v) is 6.42. The van der Waals surface area contributed by atoms with Gasteiger partial charge >= 0.3 is 0 Å². The molecule has 4 heteroatoms. The predicted molar refractivity (Wildman–Crippen MR) is 87.9 cm³/mol. The molecule has 1 saturated heterocycles. The van der Waals surface area contributed by atoms with Crippen molar-refractivity contribution in [3.8, 4) is 0 Å². The topological polar surface area (TPSA) is 59.2 Å². The number of rotatable bonds is 2. The molecule has 1 atom stereocenters. The van der Waals surface area contributed by atoms with Crippen LogP contribution in [0.2, 0.25) is 0 Å². The van der Waals surface area contributed by atoms with Crippen molar-refractivity contribution < 1.29 is 4.79 Å². The average molecular weight is 295 g/mol. The molecule has 1 amide bonds. The second-order valence-electron chi connectivity index (χ2n) is 6.42. The number of benzene rings is 1. The number of carbonyl (C=O) groups is 1. The van der Waals surface area contributed by atoms with Gasteiger partial charge in [0.15, 0.2) is 0 Å². The van der Waals surface area contributed by atoms with Crippen molar-refractivity contribution in [2.24, 2.45) is 11.7 Å². The molecule has 114 valence electrons. The lowest BCUT2D eigenvalue weighted by Crippen LogP contribution is -2.28. The number of pyridine rings is 1. The van der Waals surface area contributed by atoms with Crippen LogP contribution in [0.4, 0.5) is 5.69 Å². The molecule has 1 aromatic heterocycles. The van der Waals surface area contributed by atoms with E-state index in [4.69, 9.17) is 10.7 Å². The van der Waals surface area contributed by atoms with Crippen molar-refractivity contribution in [3.63, 3.8) is 0 Å².